The molecule has 1 unspecified atom stereocenters. The highest BCUT2D eigenvalue weighted by molar-refractivity contribution is 8.00. The van der Waals surface area contributed by atoms with E-state index in [9.17, 15) is 0 Å². The molecule has 1 aliphatic carbocycles. The Kier molecular flexibility index (Phi) is 6.16. The lowest BCUT2D eigenvalue weighted by Gasteiger charge is -2.32. The molecular weight excluding hydrogens is 228 g/mol. The van der Waals surface area contributed by atoms with Crippen molar-refractivity contribution in [1.82, 2.24) is 10.2 Å². The van der Waals surface area contributed by atoms with Crippen LogP contribution in [0, 0.1) is 0 Å². The maximum Gasteiger partial charge on any atom is 0.0172 e. The van der Waals surface area contributed by atoms with Gasteiger partial charge in [-0.2, -0.15) is 11.8 Å². The van der Waals surface area contributed by atoms with E-state index in [0.29, 0.717) is 0 Å². The smallest absolute Gasteiger partial charge is 0.0172 e. The Balaban J connectivity index is 1.57. The van der Waals surface area contributed by atoms with E-state index in [0.717, 1.165) is 11.3 Å². The summed E-state index contributed by atoms with van der Waals surface area (Å²) in [4.78, 5) is 2.65. The molecule has 0 amide bonds. The standard InChI is InChI=1S/C14H28N2S/c1-2-14-12-16(10-11-17-14)9-8-15-13-6-4-3-5-7-13/h13-15H,2-12H2,1H3. The Morgan fingerprint density at radius 3 is 2.82 bits per heavy atom. The van der Waals surface area contributed by atoms with E-state index in [1.807, 2.05) is 0 Å². The molecule has 0 bridgehead atoms. The van der Waals surface area contributed by atoms with Crippen LogP contribution in [0.1, 0.15) is 45.4 Å². The van der Waals surface area contributed by atoms with Gasteiger partial charge in [0.25, 0.3) is 0 Å². The van der Waals surface area contributed by atoms with Crippen molar-refractivity contribution in [2.24, 2.45) is 0 Å². The average Bonchev–Trinajstić information content (AvgIpc) is 2.40. The van der Waals surface area contributed by atoms with Gasteiger partial charge >= 0.3 is 0 Å². The second-order valence-corrected chi connectivity index (χ2v) is 6.90. The van der Waals surface area contributed by atoms with Gasteiger partial charge in [0.1, 0.15) is 0 Å². The summed E-state index contributed by atoms with van der Waals surface area (Å²) in [5.74, 6) is 1.34. The highest BCUT2D eigenvalue weighted by atomic mass is 32.2. The van der Waals surface area contributed by atoms with Gasteiger partial charge in [-0.05, 0) is 19.3 Å². The molecule has 2 nitrogen and oxygen atoms in total. The predicted octanol–water partition coefficient (Wildman–Crippen LogP) is 2.74. The van der Waals surface area contributed by atoms with Gasteiger partial charge in [0, 0.05) is 43.2 Å². The monoisotopic (exact) mass is 256 g/mol. The lowest BCUT2D eigenvalue weighted by Crippen LogP contribution is -2.43. The number of nitrogens with zero attached hydrogens (tertiary/aromatic N) is 1. The van der Waals surface area contributed by atoms with Crippen molar-refractivity contribution in [3.63, 3.8) is 0 Å². The third-order valence-electron chi connectivity index (χ3n) is 4.14. The molecular formula is C14H28N2S. The quantitative estimate of drug-likeness (QED) is 0.814. The van der Waals surface area contributed by atoms with Crippen LogP contribution in [0.4, 0.5) is 0 Å². The van der Waals surface area contributed by atoms with Crippen molar-refractivity contribution in [2.75, 3.05) is 31.9 Å². The molecule has 1 saturated heterocycles. The van der Waals surface area contributed by atoms with Crippen LogP contribution in [0.15, 0.2) is 0 Å². The topological polar surface area (TPSA) is 15.3 Å². The number of hydrogen-bond donors (Lipinski definition) is 1. The van der Waals surface area contributed by atoms with E-state index < -0.39 is 0 Å². The fourth-order valence-electron chi connectivity index (χ4n) is 2.96. The van der Waals surface area contributed by atoms with E-state index in [-0.39, 0.29) is 0 Å². The molecule has 1 heterocycles. The van der Waals surface area contributed by atoms with E-state index in [2.05, 4.69) is 28.9 Å². The maximum absolute atomic E-state index is 3.75. The van der Waals surface area contributed by atoms with Crippen LogP contribution in [0.5, 0.6) is 0 Å². The first kappa shape index (κ1) is 13.7. The van der Waals surface area contributed by atoms with Gasteiger partial charge in [0.15, 0.2) is 0 Å². The van der Waals surface area contributed by atoms with Gasteiger partial charge in [0.05, 0.1) is 0 Å². The Hall–Kier alpha value is 0.270. The Morgan fingerprint density at radius 2 is 2.06 bits per heavy atom. The normalized spacial score (nSPS) is 28.4. The fraction of sp³-hybridized carbons (Fsp3) is 1.00. The van der Waals surface area contributed by atoms with Crippen molar-refractivity contribution in [1.29, 1.82) is 0 Å². The Labute approximate surface area is 111 Å². The van der Waals surface area contributed by atoms with E-state index in [4.69, 9.17) is 0 Å². The molecule has 3 heteroatoms. The van der Waals surface area contributed by atoms with Gasteiger partial charge in [-0.15, -0.1) is 0 Å². The first-order valence-corrected chi connectivity index (χ1v) is 8.50. The predicted molar refractivity (Wildman–Crippen MR) is 77.9 cm³/mol. The third-order valence-corrected chi connectivity index (χ3v) is 5.52. The summed E-state index contributed by atoms with van der Waals surface area (Å²) < 4.78 is 0. The van der Waals surface area contributed by atoms with Crippen molar-refractivity contribution in [3.05, 3.63) is 0 Å². The molecule has 100 valence electrons. The molecule has 0 aromatic heterocycles. The van der Waals surface area contributed by atoms with E-state index >= 15 is 0 Å². The van der Waals surface area contributed by atoms with Gasteiger partial charge in [-0.3, -0.25) is 0 Å². The highest BCUT2D eigenvalue weighted by Crippen LogP contribution is 2.21. The van der Waals surface area contributed by atoms with Crippen LogP contribution in [0.3, 0.4) is 0 Å². The van der Waals surface area contributed by atoms with Crippen molar-refractivity contribution >= 4 is 11.8 Å². The van der Waals surface area contributed by atoms with Gasteiger partial charge in [-0.25, -0.2) is 0 Å². The van der Waals surface area contributed by atoms with Crippen LogP contribution in [-0.4, -0.2) is 48.1 Å². The molecule has 1 aliphatic heterocycles. The average molecular weight is 256 g/mol. The summed E-state index contributed by atoms with van der Waals surface area (Å²) >= 11 is 2.17. The summed E-state index contributed by atoms with van der Waals surface area (Å²) in [6.45, 7) is 7.39. The fourth-order valence-corrected chi connectivity index (χ4v) is 4.21. The minimum Gasteiger partial charge on any atom is -0.313 e. The lowest BCUT2D eigenvalue weighted by molar-refractivity contribution is 0.267. The van der Waals surface area contributed by atoms with Gasteiger partial charge < -0.3 is 10.2 Å². The minimum absolute atomic E-state index is 0.824. The van der Waals surface area contributed by atoms with Crippen LogP contribution < -0.4 is 5.32 Å². The van der Waals surface area contributed by atoms with Crippen molar-refractivity contribution in [2.45, 2.75) is 56.7 Å². The SMILES string of the molecule is CCC1CN(CCNC2CCCCC2)CCS1. The molecule has 0 aromatic rings. The third kappa shape index (κ3) is 4.80. The van der Waals surface area contributed by atoms with Crippen molar-refractivity contribution < 1.29 is 0 Å². The molecule has 0 radical (unpaired) electrons. The van der Waals surface area contributed by atoms with Crippen molar-refractivity contribution in [3.8, 4) is 0 Å². The maximum atomic E-state index is 3.75. The second-order valence-electron chi connectivity index (χ2n) is 5.49. The van der Waals surface area contributed by atoms with Gasteiger partial charge in [-0.1, -0.05) is 26.2 Å². The number of hydrogen-bond acceptors (Lipinski definition) is 3. The molecule has 17 heavy (non-hydrogen) atoms. The molecule has 1 atom stereocenters. The molecule has 2 rings (SSSR count). The Bertz CT molecular complexity index is 204. The summed E-state index contributed by atoms with van der Waals surface area (Å²) in [6.07, 6.45) is 8.49. The second kappa shape index (κ2) is 7.65. The molecule has 2 fully saturated rings. The summed E-state index contributed by atoms with van der Waals surface area (Å²) in [5.41, 5.74) is 0. The number of nitrogens with one attached hydrogen (secondary N) is 1. The number of rotatable bonds is 5. The zero-order valence-corrected chi connectivity index (χ0v) is 12.1. The molecule has 1 N–H and O–H groups in total. The zero-order chi connectivity index (χ0) is 11.9. The van der Waals surface area contributed by atoms with Crippen LogP contribution >= 0.6 is 11.8 Å². The number of thioether (sulfide) groups is 1. The van der Waals surface area contributed by atoms with Gasteiger partial charge in [0.2, 0.25) is 0 Å². The lowest BCUT2D eigenvalue weighted by atomic mass is 9.95. The van der Waals surface area contributed by atoms with E-state index in [1.165, 1.54) is 70.5 Å². The van der Waals surface area contributed by atoms with Crippen LogP contribution in [0.2, 0.25) is 0 Å². The largest absolute Gasteiger partial charge is 0.313 e. The molecule has 0 aromatic carbocycles. The first-order valence-electron chi connectivity index (χ1n) is 7.46. The zero-order valence-electron chi connectivity index (χ0n) is 11.3. The summed E-state index contributed by atoms with van der Waals surface area (Å²) in [7, 11) is 0. The van der Waals surface area contributed by atoms with Crippen LogP contribution in [0.25, 0.3) is 0 Å². The van der Waals surface area contributed by atoms with Crippen LogP contribution in [-0.2, 0) is 0 Å². The summed E-state index contributed by atoms with van der Waals surface area (Å²) in [5, 5.41) is 4.64. The summed E-state index contributed by atoms with van der Waals surface area (Å²) in [6, 6.07) is 0.824. The molecule has 1 saturated carbocycles. The Morgan fingerprint density at radius 1 is 1.24 bits per heavy atom. The first-order chi connectivity index (χ1) is 8.38. The molecule has 2 aliphatic rings. The highest BCUT2D eigenvalue weighted by Gasteiger charge is 2.19. The van der Waals surface area contributed by atoms with E-state index in [1.54, 1.807) is 0 Å². The molecule has 0 spiro atoms. The minimum atomic E-state index is 0.824.